The van der Waals surface area contributed by atoms with Crippen LogP contribution in [0.5, 0.6) is 0 Å². The predicted octanol–water partition coefficient (Wildman–Crippen LogP) is 3.88. The quantitative estimate of drug-likeness (QED) is 0.557. The van der Waals surface area contributed by atoms with E-state index < -0.39 is 0 Å². The van der Waals surface area contributed by atoms with E-state index >= 15 is 0 Å². The van der Waals surface area contributed by atoms with Crippen LogP contribution in [0, 0.1) is 6.92 Å². The van der Waals surface area contributed by atoms with E-state index in [9.17, 15) is 9.59 Å². The van der Waals surface area contributed by atoms with Gasteiger partial charge in [-0.25, -0.2) is 4.79 Å². The number of amides is 1. The lowest BCUT2D eigenvalue weighted by Crippen LogP contribution is -2.40. The summed E-state index contributed by atoms with van der Waals surface area (Å²) in [7, 11) is 0. The molecule has 1 amide bonds. The van der Waals surface area contributed by atoms with Gasteiger partial charge in [0.2, 0.25) is 0 Å². The maximum Gasteiger partial charge on any atom is 0.339 e. The Kier molecular flexibility index (Phi) is 6.29. The topological polar surface area (TPSA) is 63.0 Å². The molecule has 2 aliphatic rings. The highest BCUT2D eigenvalue weighted by molar-refractivity contribution is 5.95. The van der Waals surface area contributed by atoms with Crippen LogP contribution in [-0.2, 0) is 11.2 Å². The minimum atomic E-state index is -0.224. The second kappa shape index (κ2) is 9.49. The van der Waals surface area contributed by atoms with Gasteiger partial charge < -0.3 is 19.0 Å². The summed E-state index contributed by atoms with van der Waals surface area (Å²) < 4.78 is 11.0. The average Bonchev–Trinajstić information content (AvgIpc) is 3.38. The molecule has 5 rings (SSSR count). The first-order valence-corrected chi connectivity index (χ1v) is 11.9. The fourth-order valence-corrected chi connectivity index (χ4v) is 4.89. The summed E-state index contributed by atoms with van der Waals surface area (Å²) in [6.07, 6.45) is 3.20. The molecule has 3 aromatic rings. The number of hydrogen-bond acceptors (Lipinski definition) is 5. The number of fused-ring (bicyclic) bond motifs is 1. The summed E-state index contributed by atoms with van der Waals surface area (Å²) in [6.45, 7) is 7.61. The van der Waals surface area contributed by atoms with Gasteiger partial charge in [0.1, 0.15) is 5.58 Å². The van der Waals surface area contributed by atoms with E-state index in [2.05, 4.69) is 11.0 Å². The molecule has 2 saturated heterocycles. The van der Waals surface area contributed by atoms with Crippen LogP contribution in [0.15, 0.2) is 51.7 Å². The van der Waals surface area contributed by atoms with Crippen molar-refractivity contribution < 1.29 is 13.9 Å². The molecular weight excluding hydrogens is 416 g/mol. The van der Waals surface area contributed by atoms with Gasteiger partial charge in [0, 0.05) is 36.1 Å². The minimum absolute atomic E-state index is 0.0450. The van der Waals surface area contributed by atoms with Gasteiger partial charge >= 0.3 is 5.63 Å². The standard InChI is InChI=1S/C27H30N2O4/c1-19-23(10-13-28-11-2-3-12-28)27(31)33-25-9-8-22(18-24(19)25)20-4-6-21(7-5-20)26(30)29-14-16-32-17-15-29/h4-9,18H,2-3,10-17H2,1H3. The maximum absolute atomic E-state index is 12.7. The number of morpholine rings is 1. The van der Waals surface area contributed by atoms with Crippen LogP contribution in [0.3, 0.4) is 0 Å². The van der Waals surface area contributed by atoms with Crippen LogP contribution in [0.4, 0.5) is 0 Å². The van der Waals surface area contributed by atoms with Gasteiger partial charge in [-0.2, -0.15) is 0 Å². The highest BCUT2D eigenvalue weighted by Gasteiger charge is 2.19. The first kappa shape index (κ1) is 21.9. The van der Waals surface area contributed by atoms with Crippen molar-refractivity contribution in [3.8, 4) is 11.1 Å². The Morgan fingerprint density at radius 1 is 0.939 bits per heavy atom. The highest BCUT2D eigenvalue weighted by Crippen LogP contribution is 2.28. The molecular formula is C27H30N2O4. The lowest BCUT2D eigenvalue weighted by atomic mass is 9.98. The Bertz CT molecular complexity index is 1200. The van der Waals surface area contributed by atoms with Gasteiger partial charge in [-0.1, -0.05) is 18.2 Å². The minimum Gasteiger partial charge on any atom is -0.423 e. The number of likely N-dealkylation sites (tertiary alicyclic amines) is 1. The summed E-state index contributed by atoms with van der Waals surface area (Å²) in [5, 5.41) is 0.969. The van der Waals surface area contributed by atoms with E-state index in [4.69, 9.17) is 9.15 Å². The molecule has 172 valence electrons. The van der Waals surface area contributed by atoms with E-state index in [0.717, 1.165) is 47.3 Å². The normalized spacial score (nSPS) is 17.1. The predicted molar refractivity (Wildman–Crippen MR) is 129 cm³/mol. The van der Waals surface area contributed by atoms with Gasteiger partial charge in [-0.15, -0.1) is 0 Å². The van der Waals surface area contributed by atoms with Crippen molar-refractivity contribution in [2.24, 2.45) is 0 Å². The van der Waals surface area contributed by atoms with Gasteiger partial charge in [0.25, 0.3) is 5.91 Å². The van der Waals surface area contributed by atoms with Crippen LogP contribution in [0.25, 0.3) is 22.1 Å². The summed E-state index contributed by atoms with van der Waals surface area (Å²) >= 11 is 0. The zero-order valence-electron chi connectivity index (χ0n) is 19.1. The number of nitrogens with zero attached hydrogens (tertiary/aromatic N) is 2. The van der Waals surface area contributed by atoms with Gasteiger partial charge in [-0.05, 0) is 80.2 Å². The maximum atomic E-state index is 12.7. The average molecular weight is 447 g/mol. The van der Waals surface area contributed by atoms with E-state index in [1.54, 1.807) is 0 Å². The number of ether oxygens (including phenoxy) is 1. The van der Waals surface area contributed by atoms with Crippen molar-refractivity contribution in [1.82, 2.24) is 9.80 Å². The van der Waals surface area contributed by atoms with E-state index in [0.29, 0.717) is 43.9 Å². The second-order valence-corrected chi connectivity index (χ2v) is 8.98. The van der Waals surface area contributed by atoms with Crippen molar-refractivity contribution in [3.05, 3.63) is 69.6 Å². The number of carbonyl (C=O) groups excluding carboxylic acids is 1. The van der Waals surface area contributed by atoms with Crippen LogP contribution < -0.4 is 5.63 Å². The number of aryl methyl sites for hydroxylation is 1. The highest BCUT2D eigenvalue weighted by atomic mass is 16.5. The second-order valence-electron chi connectivity index (χ2n) is 8.98. The molecule has 0 aliphatic carbocycles. The number of benzene rings is 2. The third-order valence-electron chi connectivity index (χ3n) is 6.93. The first-order chi connectivity index (χ1) is 16.1. The molecule has 2 fully saturated rings. The number of rotatable bonds is 5. The summed E-state index contributed by atoms with van der Waals surface area (Å²) in [4.78, 5) is 29.6. The monoisotopic (exact) mass is 446 g/mol. The zero-order valence-corrected chi connectivity index (χ0v) is 19.1. The van der Waals surface area contributed by atoms with Crippen molar-refractivity contribution in [3.63, 3.8) is 0 Å². The lowest BCUT2D eigenvalue weighted by molar-refractivity contribution is 0.0303. The summed E-state index contributed by atoms with van der Waals surface area (Å²) in [5.41, 5.74) is 4.92. The number of hydrogen-bond donors (Lipinski definition) is 0. The van der Waals surface area contributed by atoms with Crippen molar-refractivity contribution in [1.29, 1.82) is 0 Å². The Hall–Kier alpha value is -2.96. The van der Waals surface area contributed by atoms with Crippen LogP contribution >= 0.6 is 0 Å². The Morgan fingerprint density at radius 3 is 2.36 bits per heavy atom. The first-order valence-electron chi connectivity index (χ1n) is 11.9. The Balaban J connectivity index is 1.40. The van der Waals surface area contributed by atoms with E-state index in [1.807, 2.05) is 48.2 Å². The fraction of sp³-hybridized carbons (Fsp3) is 0.407. The van der Waals surface area contributed by atoms with E-state index in [-0.39, 0.29) is 11.5 Å². The lowest BCUT2D eigenvalue weighted by Gasteiger charge is -2.26. The Labute approximate surface area is 193 Å². The molecule has 6 heteroatoms. The third kappa shape index (κ3) is 4.59. The Morgan fingerprint density at radius 2 is 1.64 bits per heavy atom. The summed E-state index contributed by atoms with van der Waals surface area (Å²) in [5.74, 6) is 0.0450. The zero-order chi connectivity index (χ0) is 22.8. The molecule has 6 nitrogen and oxygen atoms in total. The SMILES string of the molecule is Cc1c(CCN2CCCC2)c(=O)oc2ccc(-c3ccc(C(=O)N4CCOCC4)cc3)cc12. The molecule has 2 aromatic carbocycles. The molecule has 0 radical (unpaired) electrons. The van der Waals surface area contributed by atoms with Gasteiger partial charge in [0.05, 0.1) is 13.2 Å². The molecule has 3 heterocycles. The van der Waals surface area contributed by atoms with Gasteiger partial charge in [-0.3, -0.25) is 4.79 Å². The smallest absolute Gasteiger partial charge is 0.339 e. The molecule has 0 atom stereocenters. The molecule has 0 saturated carbocycles. The van der Waals surface area contributed by atoms with Gasteiger partial charge in [0.15, 0.2) is 0 Å². The van der Waals surface area contributed by atoms with Crippen molar-refractivity contribution >= 4 is 16.9 Å². The summed E-state index contributed by atoms with van der Waals surface area (Å²) in [6, 6.07) is 13.7. The molecule has 1 aromatic heterocycles. The molecule has 0 bridgehead atoms. The van der Waals surface area contributed by atoms with Crippen LogP contribution in [0.1, 0.15) is 34.3 Å². The largest absolute Gasteiger partial charge is 0.423 e. The van der Waals surface area contributed by atoms with Crippen molar-refractivity contribution in [2.75, 3.05) is 45.9 Å². The van der Waals surface area contributed by atoms with E-state index in [1.165, 1.54) is 12.8 Å². The number of carbonyl (C=O) groups is 1. The van der Waals surface area contributed by atoms with Crippen LogP contribution in [0.2, 0.25) is 0 Å². The van der Waals surface area contributed by atoms with Crippen molar-refractivity contribution in [2.45, 2.75) is 26.2 Å². The molecule has 2 aliphatic heterocycles. The fourth-order valence-electron chi connectivity index (χ4n) is 4.89. The molecule has 0 N–H and O–H groups in total. The third-order valence-corrected chi connectivity index (χ3v) is 6.93. The van der Waals surface area contributed by atoms with Crippen LogP contribution in [-0.4, -0.2) is 61.6 Å². The molecule has 0 spiro atoms. The molecule has 33 heavy (non-hydrogen) atoms. The molecule has 0 unspecified atom stereocenters.